The van der Waals surface area contributed by atoms with Crippen molar-refractivity contribution in [3.05, 3.63) is 53.8 Å². The molecule has 0 N–H and O–H groups in total. The third kappa shape index (κ3) is 4.71. The standard InChI is InChI=1S/C21H24FN3OS2/c1-4-24(5-2)12-13-25(20(26)15-6-9-17(27-3)10-7-15)21-23-18-11-8-16(22)14-19(18)28-21/h6-11,14H,4-5,12-13H2,1-3H3. The molecule has 0 saturated heterocycles. The summed E-state index contributed by atoms with van der Waals surface area (Å²) in [5, 5.41) is 0.603. The van der Waals surface area contributed by atoms with Crippen LogP contribution in [0.5, 0.6) is 0 Å². The van der Waals surface area contributed by atoms with Crippen LogP contribution in [0.3, 0.4) is 0 Å². The smallest absolute Gasteiger partial charge is 0.260 e. The van der Waals surface area contributed by atoms with Gasteiger partial charge in [-0.1, -0.05) is 25.2 Å². The number of amides is 1. The molecule has 0 spiro atoms. The molecule has 28 heavy (non-hydrogen) atoms. The van der Waals surface area contributed by atoms with Crippen LogP contribution in [0, 0.1) is 5.82 Å². The SMILES string of the molecule is CCN(CC)CCN(C(=O)c1ccc(SC)cc1)c1nc2ccc(F)cc2s1. The monoisotopic (exact) mass is 417 g/mol. The molecule has 4 nitrogen and oxygen atoms in total. The Hall–Kier alpha value is -1.96. The minimum atomic E-state index is -0.295. The Morgan fingerprint density at radius 2 is 1.82 bits per heavy atom. The summed E-state index contributed by atoms with van der Waals surface area (Å²) in [4.78, 5) is 23.0. The molecule has 148 valence electrons. The number of aromatic nitrogens is 1. The zero-order valence-electron chi connectivity index (χ0n) is 16.3. The van der Waals surface area contributed by atoms with E-state index in [9.17, 15) is 9.18 Å². The van der Waals surface area contributed by atoms with Gasteiger partial charge in [-0.2, -0.15) is 0 Å². The highest BCUT2D eigenvalue weighted by atomic mass is 32.2. The summed E-state index contributed by atoms with van der Waals surface area (Å²) in [6.07, 6.45) is 2.01. The number of hydrogen-bond acceptors (Lipinski definition) is 5. The fourth-order valence-corrected chi connectivity index (χ4v) is 4.38. The molecule has 0 aliphatic heterocycles. The zero-order chi connectivity index (χ0) is 20.1. The summed E-state index contributed by atoms with van der Waals surface area (Å²) in [6, 6.07) is 12.1. The average molecular weight is 418 g/mol. The van der Waals surface area contributed by atoms with Gasteiger partial charge >= 0.3 is 0 Å². The van der Waals surface area contributed by atoms with Crippen molar-refractivity contribution in [2.24, 2.45) is 0 Å². The third-order valence-electron chi connectivity index (χ3n) is 4.69. The van der Waals surface area contributed by atoms with Gasteiger partial charge in [-0.15, -0.1) is 11.8 Å². The number of carbonyl (C=O) groups excluding carboxylic acids is 1. The van der Waals surface area contributed by atoms with Gasteiger partial charge in [0.1, 0.15) is 5.82 Å². The van der Waals surface area contributed by atoms with Crippen molar-refractivity contribution in [1.82, 2.24) is 9.88 Å². The summed E-state index contributed by atoms with van der Waals surface area (Å²) in [5.41, 5.74) is 1.34. The van der Waals surface area contributed by atoms with Crippen LogP contribution < -0.4 is 4.90 Å². The lowest BCUT2D eigenvalue weighted by atomic mass is 10.2. The molecule has 3 aromatic rings. The predicted molar refractivity (Wildman–Crippen MR) is 117 cm³/mol. The Kier molecular flexibility index (Phi) is 7.04. The molecule has 1 heterocycles. The molecule has 1 aromatic heterocycles. The molecule has 0 bridgehead atoms. The topological polar surface area (TPSA) is 36.4 Å². The molecule has 0 saturated carbocycles. The number of thioether (sulfide) groups is 1. The molecule has 1 amide bonds. The second kappa shape index (κ2) is 9.49. The fraction of sp³-hybridized carbons (Fsp3) is 0.333. The van der Waals surface area contributed by atoms with E-state index < -0.39 is 0 Å². The van der Waals surface area contributed by atoms with Gasteiger partial charge in [0.25, 0.3) is 5.91 Å². The first-order valence-electron chi connectivity index (χ1n) is 9.30. The van der Waals surface area contributed by atoms with Crippen LogP contribution in [-0.2, 0) is 0 Å². The van der Waals surface area contributed by atoms with Gasteiger partial charge in [-0.3, -0.25) is 9.69 Å². The Balaban J connectivity index is 1.93. The number of carbonyl (C=O) groups is 1. The number of benzene rings is 2. The lowest BCUT2D eigenvalue weighted by Gasteiger charge is -2.24. The molecule has 0 fully saturated rings. The van der Waals surface area contributed by atoms with E-state index in [0.29, 0.717) is 22.8 Å². The number of thiazole rings is 1. The van der Waals surface area contributed by atoms with Gasteiger partial charge in [0.05, 0.1) is 10.2 Å². The van der Waals surface area contributed by atoms with E-state index in [1.165, 1.54) is 23.5 Å². The first-order valence-corrected chi connectivity index (χ1v) is 11.3. The van der Waals surface area contributed by atoms with E-state index in [1.54, 1.807) is 22.7 Å². The number of likely N-dealkylation sites (N-methyl/N-ethyl adjacent to an activating group) is 1. The van der Waals surface area contributed by atoms with Crippen molar-refractivity contribution in [3.8, 4) is 0 Å². The summed E-state index contributed by atoms with van der Waals surface area (Å²) in [5.74, 6) is -0.379. The van der Waals surface area contributed by atoms with Gasteiger partial charge in [-0.05, 0) is 61.8 Å². The van der Waals surface area contributed by atoms with Crippen molar-refractivity contribution in [2.45, 2.75) is 18.7 Å². The van der Waals surface area contributed by atoms with Crippen molar-refractivity contribution in [2.75, 3.05) is 37.3 Å². The van der Waals surface area contributed by atoms with Crippen LogP contribution in [-0.4, -0.2) is 48.2 Å². The third-order valence-corrected chi connectivity index (χ3v) is 6.47. The van der Waals surface area contributed by atoms with E-state index in [1.807, 2.05) is 30.5 Å². The maximum absolute atomic E-state index is 13.6. The van der Waals surface area contributed by atoms with Crippen LogP contribution in [0.1, 0.15) is 24.2 Å². The molecule has 0 atom stereocenters. The molecule has 2 aromatic carbocycles. The summed E-state index contributed by atoms with van der Waals surface area (Å²) >= 11 is 2.99. The molecular formula is C21H24FN3OS2. The van der Waals surface area contributed by atoms with Crippen LogP contribution in [0.4, 0.5) is 9.52 Å². The van der Waals surface area contributed by atoms with E-state index >= 15 is 0 Å². The van der Waals surface area contributed by atoms with Crippen molar-refractivity contribution in [3.63, 3.8) is 0 Å². The van der Waals surface area contributed by atoms with Crippen LogP contribution in [0.2, 0.25) is 0 Å². The van der Waals surface area contributed by atoms with E-state index in [0.717, 1.165) is 29.2 Å². The van der Waals surface area contributed by atoms with Gasteiger partial charge in [0.2, 0.25) is 0 Å². The van der Waals surface area contributed by atoms with Crippen LogP contribution in [0.15, 0.2) is 47.4 Å². The van der Waals surface area contributed by atoms with Gasteiger partial charge in [-0.25, -0.2) is 9.37 Å². The molecule has 0 aliphatic carbocycles. The highest BCUT2D eigenvalue weighted by molar-refractivity contribution is 7.98. The fourth-order valence-electron chi connectivity index (χ4n) is 2.96. The maximum atomic E-state index is 13.6. The number of anilines is 1. The molecule has 0 radical (unpaired) electrons. The molecule has 0 aliphatic rings. The Labute approximate surface area is 173 Å². The largest absolute Gasteiger partial charge is 0.302 e. The highest BCUT2D eigenvalue weighted by Gasteiger charge is 2.22. The summed E-state index contributed by atoms with van der Waals surface area (Å²) in [6.45, 7) is 7.35. The number of rotatable bonds is 8. The van der Waals surface area contributed by atoms with E-state index in [2.05, 4.69) is 23.7 Å². The predicted octanol–water partition coefficient (Wildman–Crippen LogP) is 5.15. The number of nitrogens with zero attached hydrogens (tertiary/aromatic N) is 3. The van der Waals surface area contributed by atoms with E-state index in [4.69, 9.17) is 0 Å². The quantitative estimate of drug-likeness (QED) is 0.475. The molecule has 0 unspecified atom stereocenters. The minimum absolute atomic E-state index is 0.0839. The average Bonchev–Trinajstić information content (AvgIpc) is 3.13. The van der Waals surface area contributed by atoms with Crippen molar-refractivity contribution in [1.29, 1.82) is 0 Å². The summed E-state index contributed by atoms with van der Waals surface area (Å²) < 4.78 is 14.3. The first kappa shape index (κ1) is 20.8. The van der Waals surface area contributed by atoms with Crippen LogP contribution in [0.25, 0.3) is 10.2 Å². The number of fused-ring (bicyclic) bond motifs is 1. The lowest BCUT2D eigenvalue weighted by Crippen LogP contribution is -2.38. The lowest BCUT2D eigenvalue weighted by molar-refractivity contribution is 0.0983. The minimum Gasteiger partial charge on any atom is -0.302 e. The summed E-state index contributed by atoms with van der Waals surface area (Å²) in [7, 11) is 0. The first-order chi connectivity index (χ1) is 13.5. The normalized spacial score (nSPS) is 11.3. The second-order valence-electron chi connectivity index (χ2n) is 6.32. The van der Waals surface area contributed by atoms with Gasteiger partial charge in [0.15, 0.2) is 5.13 Å². The highest BCUT2D eigenvalue weighted by Crippen LogP contribution is 2.30. The van der Waals surface area contributed by atoms with Gasteiger partial charge < -0.3 is 4.90 Å². The number of halogens is 1. The van der Waals surface area contributed by atoms with E-state index in [-0.39, 0.29) is 11.7 Å². The van der Waals surface area contributed by atoms with Crippen molar-refractivity contribution >= 4 is 44.4 Å². The van der Waals surface area contributed by atoms with Crippen LogP contribution >= 0.6 is 23.1 Å². The Morgan fingerprint density at radius 1 is 1.11 bits per heavy atom. The Bertz CT molecular complexity index is 938. The molecular weight excluding hydrogens is 393 g/mol. The Morgan fingerprint density at radius 3 is 2.46 bits per heavy atom. The zero-order valence-corrected chi connectivity index (χ0v) is 17.9. The maximum Gasteiger partial charge on any atom is 0.260 e. The molecule has 3 rings (SSSR count). The number of hydrogen-bond donors (Lipinski definition) is 0. The van der Waals surface area contributed by atoms with Crippen molar-refractivity contribution < 1.29 is 9.18 Å². The van der Waals surface area contributed by atoms with Gasteiger partial charge in [0, 0.05) is 23.5 Å². The molecule has 7 heteroatoms. The second-order valence-corrected chi connectivity index (χ2v) is 8.21.